The molecule has 0 bridgehead atoms. The van der Waals surface area contributed by atoms with E-state index >= 15 is 0 Å². The van der Waals surface area contributed by atoms with Crippen LogP contribution in [0.4, 0.5) is 0 Å². The molecule has 22 heavy (non-hydrogen) atoms. The van der Waals surface area contributed by atoms with Gasteiger partial charge in [0, 0.05) is 28.1 Å². The Hall–Kier alpha value is -2.10. The van der Waals surface area contributed by atoms with Gasteiger partial charge < -0.3 is 0 Å². The van der Waals surface area contributed by atoms with E-state index in [0.29, 0.717) is 0 Å². The molecule has 0 saturated heterocycles. The molecule has 4 heteroatoms. The number of imidazole rings is 1. The van der Waals surface area contributed by atoms with Gasteiger partial charge in [0.2, 0.25) is 0 Å². The van der Waals surface area contributed by atoms with E-state index in [1.807, 2.05) is 42.6 Å². The molecule has 0 aliphatic heterocycles. The predicted molar refractivity (Wildman–Crippen MR) is 92.8 cm³/mol. The Morgan fingerprint density at radius 2 is 1.77 bits per heavy atom. The van der Waals surface area contributed by atoms with Gasteiger partial charge in [0.05, 0.1) is 11.9 Å². The summed E-state index contributed by atoms with van der Waals surface area (Å²) in [5.41, 5.74) is 3.45. The molecule has 0 unspecified atom stereocenters. The lowest BCUT2D eigenvalue weighted by Crippen LogP contribution is -1.87. The van der Waals surface area contributed by atoms with E-state index in [1.165, 1.54) is 10.4 Å². The van der Waals surface area contributed by atoms with Crippen LogP contribution in [0.15, 0.2) is 67.0 Å². The van der Waals surface area contributed by atoms with Gasteiger partial charge in [-0.25, -0.2) is 4.98 Å². The predicted octanol–water partition coefficient (Wildman–Crippen LogP) is 5.31. The largest absolute Gasteiger partial charge is 0.290 e. The molecular formula is C18H13ClN2S. The zero-order valence-corrected chi connectivity index (χ0v) is 13.3. The molecule has 0 fully saturated rings. The van der Waals surface area contributed by atoms with Crippen molar-refractivity contribution in [3.05, 3.63) is 82.5 Å². The number of hydrogen-bond acceptors (Lipinski definition) is 2. The Morgan fingerprint density at radius 1 is 1.00 bits per heavy atom. The number of aromatic nitrogens is 2. The van der Waals surface area contributed by atoms with Crippen LogP contribution in [0, 0.1) is 0 Å². The van der Waals surface area contributed by atoms with Crippen LogP contribution in [0.25, 0.3) is 16.2 Å². The average Bonchev–Trinajstić information content (AvgIpc) is 3.10. The Morgan fingerprint density at radius 3 is 2.59 bits per heavy atom. The number of nitrogens with zero attached hydrogens (tertiary/aromatic N) is 2. The molecule has 4 rings (SSSR count). The minimum Gasteiger partial charge on any atom is -0.290 e. The molecule has 2 aromatic heterocycles. The summed E-state index contributed by atoms with van der Waals surface area (Å²) in [5, 5.41) is 0.817. The normalized spacial score (nSPS) is 11.1. The highest BCUT2D eigenvalue weighted by atomic mass is 35.5. The summed E-state index contributed by atoms with van der Waals surface area (Å²) in [7, 11) is 0. The Balaban J connectivity index is 1.73. The van der Waals surface area contributed by atoms with E-state index in [2.05, 4.69) is 33.8 Å². The van der Waals surface area contributed by atoms with Gasteiger partial charge in [-0.3, -0.25) is 4.40 Å². The molecule has 2 nitrogen and oxygen atoms in total. The van der Waals surface area contributed by atoms with E-state index in [-0.39, 0.29) is 0 Å². The van der Waals surface area contributed by atoms with Crippen LogP contribution in [-0.4, -0.2) is 9.38 Å². The Bertz CT molecular complexity index is 925. The van der Waals surface area contributed by atoms with E-state index < -0.39 is 0 Å². The quantitative estimate of drug-likeness (QED) is 0.499. The van der Waals surface area contributed by atoms with Crippen molar-refractivity contribution in [2.45, 2.75) is 6.42 Å². The highest BCUT2D eigenvalue weighted by Gasteiger charge is 2.10. The minimum absolute atomic E-state index is 0.817. The maximum atomic E-state index is 6.26. The summed E-state index contributed by atoms with van der Waals surface area (Å²) < 4.78 is 2.16. The molecule has 0 N–H and O–H groups in total. The van der Waals surface area contributed by atoms with Crippen LogP contribution in [0.2, 0.25) is 5.02 Å². The highest BCUT2D eigenvalue weighted by molar-refractivity contribution is 7.17. The third kappa shape index (κ3) is 2.43. The summed E-state index contributed by atoms with van der Waals surface area (Å²) >= 11 is 7.97. The lowest BCUT2D eigenvalue weighted by atomic mass is 10.1. The van der Waals surface area contributed by atoms with E-state index in [9.17, 15) is 0 Å². The van der Waals surface area contributed by atoms with Crippen molar-refractivity contribution >= 4 is 27.9 Å². The Kier molecular flexibility index (Phi) is 3.45. The van der Waals surface area contributed by atoms with Crippen LogP contribution in [0.1, 0.15) is 10.4 Å². The fourth-order valence-corrected chi connectivity index (χ4v) is 3.74. The van der Waals surface area contributed by atoms with E-state index in [0.717, 1.165) is 27.7 Å². The van der Waals surface area contributed by atoms with Gasteiger partial charge in [-0.15, -0.1) is 11.3 Å². The first-order valence-corrected chi connectivity index (χ1v) is 8.25. The summed E-state index contributed by atoms with van der Waals surface area (Å²) in [6, 6.07) is 18.3. The molecular weight excluding hydrogens is 312 g/mol. The molecule has 0 saturated carbocycles. The van der Waals surface area contributed by atoms with Crippen LogP contribution in [0.5, 0.6) is 0 Å². The molecule has 0 radical (unpaired) electrons. The lowest BCUT2D eigenvalue weighted by Gasteiger charge is -2.01. The van der Waals surface area contributed by atoms with Crippen molar-refractivity contribution < 1.29 is 0 Å². The average molecular weight is 325 g/mol. The highest BCUT2D eigenvalue weighted by Crippen LogP contribution is 2.28. The number of thiazole rings is 1. The number of benzene rings is 2. The lowest BCUT2D eigenvalue weighted by molar-refractivity contribution is 1.17. The Labute approximate surface area is 137 Å². The van der Waals surface area contributed by atoms with Gasteiger partial charge in [-0.2, -0.15) is 0 Å². The second kappa shape index (κ2) is 5.59. The van der Waals surface area contributed by atoms with Crippen molar-refractivity contribution in [3.8, 4) is 11.3 Å². The molecule has 108 valence electrons. The summed E-state index contributed by atoms with van der Waals surface area (Å²) in [6.07, 6.45) is 4.93. The van der Waals surface area contributed by atoms with Gasteiger partial charge in [-0.05, 0) is 11.6 Å². The molecule has 2 heterocycles. The van der Waals surface area contributed by atoms with Gasteiger partial charge in [0.1, 0.15) is 0 Å². The van der Waals surface area contributed by atoms with E-state index in [1.54, 1.807) is 11.3 Å². The molecule has 0 spiro atoms. The maximum Gasteiger partial charge on any atom is 0.194 e. The van der Waals surface area contributed by atoms with Gasteiger partial charge >= 0.3 is 0 Å². The third-order valence-corrected chi connectivity index (χ3v) is 5.02. The van der Waals surface area contributed by atoms with Crippen molar-refractivity contribution in [3.63, 3.8) is 0 Å². The molecule has 0 aliphatic rings. The monoisotopic (exact) mass is 324 g/mol. The second-order valence-electron chi connectivity index (χ2n) is 5.13. The van der Waals surface area contributed by atoms with Gasteiger partial charge in [0.25, 0.3) is 0 Å². The van der Waals surface area contributed by atoms with Crippen LogP contribution in [0.3, 0.4) is 0 Å². The second-order valence-corrected chi connectivity index (χ2v) is 6.63. The number of rotatable bonds is 3. The first-order valence-electron chi connectivity index (χ1n) is 7.06. The maximum absolute atomic E-state index is 6.26. The minimum atomic E-state index is 0.817. The number of fused-ring (bicyclic) bond motifs is 1. The van der Waals surface area contributed by atoms with Gasteiger partial charge in [-0.1, -0.05) is 60.1 Å². The van der Waals surface area contributed by atoms with Crippen molar-refractivity contribution in [1.29, 1.82) is 0 Å². The number of halogens is 1. The third-order valence-electron chi connectivity index (χ3n) is 3.65. The van der Waals surface area contributed by atoms with Crippen LogP contribution in [-0.2, 0) is 6.42 Å². The zero-order chi connectivity index (χ0) is 14.9. The summed E-state index contributed by atoms with van der Waals surface area (Å²) in [5.74, 6) is 0. The smallest absolute Gasteiger partial charge is 0.194 e. The molecule has 0 atom stereocenters. The molecule has 4 aromatic rings. The molecule has 2 aromatic carbocycles. The fraction of sp³-hybridized carbons (Fsp3) is 0.0556. The van der Waals surface area contributed by atoms with E-state index in [4.69, 9.17) is 11.6 Å². The standard InChI is InChI=1S/C18H13ClN2S/c19-16-9-5-4-8-14(16)10-15-12-21-17(11-20-18(21)22-15)13-6-2-1-3-7-13/h1-9,11-12H,10H2. The molecule has 0 aliphatic carbocycles. The SMILES string of the molecule is Clc1ccccc1Cc1cn2c(-c3ccccc3)cnc2s1. The van der Waals surface area contributed by atoms with Crippen molar-refractivity contribution in [1.82, 2.24) is 9.38 Å². The topological polar surface area (TPSA) is 17.3 Å². The van der Waals surface area contributed by atoms with Gasteiger partial charge in [0.15, 0.2) is 4.96 Å². The first-order chi connectivity index (χ1) is 10.8. The van der Waals surface area contributed by atoms with Crippen molar-refractivity contribution in [2.24, 2.45) is 0 Å². The molecule has 0 amide bonds. The summed E-state index contributed by atoms with van der Waals surface area (Å²) in [4.78, 5) is 6.80. The van der Waals surface area contributed by atoms with Crippen LogP contribution >= 0.6 is 22.9 Å². The number of hydrogen-bond donors (Lipinski definition) is 0. The zero-order valence-electron chi connectivity index (χ0n) is 11.7. The van der Waals surface area contributed by atoms with Crippen molar-refractivity contribution in [2.75, 3.05) is 0 Å². The first kappa shape index (κ1) is 13.6. The van der Waals surface area contributed by atoms with Crippen LogP contribution < -0.4 is 0 Å². The summed E-state index contributed by atoms with van der Waals surface area (Å²) in [6.45, 7) is 0. The fourth-order valence-electron chi connectivity index (χ4n) is 2.57.